The van der Waals surface area contributed by atoms with Crippen LogP contribution in [0.1, 0.15) is 42.5 Å². The lowest BCUT2D eigenvalue weighted by molar-refractivity contribution is -0.940. The predicted molar refractivity (Wildman–Crippen MR) is 87.8 cm³/mol. The zero-order chi connectivity index (χ0) is 15.5. The average Bonchev–Trinajstić information content (AvgIpc) is 2.52. The van der Waals surface area contributed by atoms with Crippen LogP contribution in [-0.2, 0) is 4.74 Å². The number of nitrogens with one attached hydrogen (secondary N) is 1. The van der Waals surface area contributed by atoms with Crippen LogP contribution >= 0.6 is 23.2 Å². The van der Waals surface area contributed by atoms with E-state index in [1.165, 1.54) is 38.8 Å². The molecule has 0 bridgehead atoms. The van der Waals surface area contributed by atoms with Crippen LogP contribution in [0.2, 0.25) is 10.0 Å². The molecule has 0 spiro atoms. The smallest absolute Gasteiger partial charge is 0.339 e. The third-order valence-corrected chi connectivity index (χ3v) is 5.56. The number of carbonyl (C=O) groups excluding carboxylic acids is 1. The summed E-state index contributed by atoms with van der Waals surface area (Å²) in [5.74, 6) is 0.142. The van der Waals surface area contributed by atoms with E-state index in [-0.39, 0.29) is 5.97 Å². The highest BCUT2D eigenvalue weighted by Gasteiger charge is 2.37. The van der Waals surface area contributed by atoms with E-state index in [4.69, 9.17) is 27.9 Å². The summed E-state index contributed by atoms with van der Waals surface area (Å²) >= 11 is 11.9. The zero-order valence-corrected chi connectivity index (χ0v) is 14.1. The SMILES string of the molecule is O=C(OC[C@@H]1CCC[NH+]2CCCC[C@@H]12)c1ccc(Cl)cc1Cl. The topological polar surface area (TPSA) is 30.7 Å². The van der Waals surface area contributed by atoms with E-state index < -0.39 is 0 Å². The molecule has 2 fully saturated rings. The number of piperidine rings is 2. The van der Waals surface area contributed by atoms with Gasteiger partial charge in [-0.05, 0) is 50.3 Å². The average molecular weight is 343 g/mol. The summed E-state index contributed by atoms with van der Waals surface area (Å²) in [5, 5.41) is 0.876. The Kier molecular flexibility index (Phi) is 5.27. The van der Waals surface area contributed by atoms with Crippen LogP contribution in [0.5, 0.6) is 0 Å². The molecule has 1 aromatic carbocycles. The molecule has 1 unspecified atom stereocenters. The Morgan fingerprint density at radius 1 is 1.18 bits per heavy atom. The number of benzene rings is 1. The summed E-state index contributed by atoms with van der Waals surface area (Å²) in [6.45, 7) is 3.06. The molecule has 0 aromatic heterocycles. The number of rotatable bonds is 3. The van der Waals surface area contributed by atoms with Crippen LogP contribution in [0.4, 0.5) is 0 Å². The minimum Gasteiger partial charge on any atom is -0.462 e. The molecule has 2 aliphatic rings. The maximum Gasteiger partial charge on any atom is 0.339 e. The standard InChI is InChI=1S/C17H21Cl2NO2/c18-13-6-7-14(15(19)10-13)17(21)22-11-12-4-3-9-20-8-2-1-5-16(12)20/h6-7,10,12,16H,1-5,8-9,11H2/p+1/t12-,16-/m0/s1. The summed E-state index contributed by atoms with van der Waals surface area (Å²) in [6.07, 6.45) is 6.30. The van der Waals surface area contributed by atoms with Gasteiger partial charge in [0.1, 0.15) is 6.61 Å². The van der Waals surface area contributed by atoms with E-state index in [1.54, 1.807) is 23.1 Å². The van der Waals surface area contributed by atoms with E-state index in [0.717, 1.165) is 6.42 Å². The van der Waals surface area contributed by atoms with Crippen molar-refractivity contribution in [3.05, 3.63) is 33.8 Å². The van der Waals surface area contributed by atoms with Crippen molar-refractivity contribution < 1.29 is 14.4 Å². The van der Waals surface area contributed by atoms with E-state index in [0.29, 0.717) is 34.2 Å². The van der Waals surface area contributed by atoms with Crippen molar-refractivity contribution in [3.8, 4) is 0 Å². The van der Waals surface area contributed by atoms with Crippen LogP contribution in [0.25, 0.3) is 0 Å². The molecule has 3 nitrogen and oxygen atoms in total. The number of hydrogen-bond acceptors (Lipinski definition) is 2. The van der Waals surface area contributed by atoms with Gasteiger partial charge in [0, 0.05) is 10.9 Å². The highest BCUT2D eigenvalue weighted by molar-refractivity contribution is 6.36. The number of esters is 1. The van der Waals surface area contributed by atoms with Gasteiger partial charge in [-0.3, -0.25) is 0 Å². The molecule has 0 saturated carbocycles. The fourth-order valence-electron chi connectivity index (χ4n) is 3.89. The Hall–Kier alpha value is -0.770. The number of quaternary nitrogens is 1. The Morgan fingerprint density at radius 2 is 2.00 bits per heavy atom. The maximum absolute atomic E-state index is 12.2. The summed E-state index contributed by atoms with van der Waals surface area (Å²) < 4.78 is 5.56. The minimum absolute atomic E-state index is 0.343. The van der Waals surface area contributed by atoms with Gasteiger partial charge in [0.05, 0.1) is 29.7 Å². The molecule has 2 saturated heterocycles. The van der Waals surface area contributed by atoms with Gasteiger partial charge in [0.15, 0.2) is 0 Å². The second-order valence-corrected chi connectivity index (χ2v) is 7.23. The second kappa shape index (κ2) is 7.20. The number of ether oxygens (including phenoxy) is 1. The highest BCUT2D eigenvalue weighted by atomic mass is 35.5. The number of fused-ring (bicyclic) bond motifs is 1. The molecule has 1 N–H and O–H groups in total. The lowest BCUT2D eigenvalue weighted by Gasteiger charge is -2.41. The lowest BCUT2D eigenvalue weighted by atomic mass is 9.84. The monoisotopic (exact) mass is 342 g/mol. The summed E-state index contributed by atoms with van der Waals surface area (Å²) in [4.78, 5) is 13.9. The fraction of sp³-hybridized carbons (Fsp3) is 0.588. The van der Waals surface area contributed by atoms with Crippen molar-refractivity contribution in [2.75, 3.05) is 19.7 Å². The fourth-order valence-corrected chi connectivity index (χ4v) is 4.38. The largest absolute Gasteiger partial charge is 0.462 e. The molecule has 3 rings (SSSR count). The lowest BCUT2D eigenvalue weighted by Crippen LogP contribution is -3.18. The number of hydrogen-bond donors (Lipinski definition) is 1. The minimum atomic E-state index is -0.343. The third-order valence-electron chi connectivity index (χ3n) is 5.01. The molecule has 0 aliphatic carbocycles. The normalized spacial score (nSPS) is 28.0. The first kappa shape index (κ1) is 16.1. The van der Waals surface area contributed by atoms with Gasteiger partial charge < -0.3 is 9.64 Å². The molecular formula is C17H22Cl2NO2+. The first-order valence-corrected chi connectivity index (χ1v) is 8.87. The van der Waals surface area contributed by atoms with Crippen molar-refractivity contribution in [2.24, 2.45) is 5.92 Å². The number of halogens is 2. The first-order valence-electron chi connectivity index (χ1n) is 8.12. The summed E-state index contributed by atoms with van der Waals surface area (Å²) in [7, 11) is 0. The Balaban J connectivity index is 1.60. The molecule has 120 valence electrons. The molecule has 1 aromatic rings. The van der Waals surface area contributed by atoms with E-state index in [2.05, 4.69) is 0 Å². The molecule has 0 amide bonds. The summed E-state index contributed by atoms with van der Waals surface area (Å²) in [5.41, 5.74) is 0.398. The molecule has 2 heterocycles. The second-order valence-electron chi connectivity index (χ2n) is 6.39. The maximum atomic E-state index is 12.2. The Bertz CT molecular complexity index is 547. The van der Waals surface area contributed by atoms with E-state index >= 15 is 0 Å². The quantitative estimate of drug-likeness (QED) is 0.856. The molecule has 3 atom stereocenters. The van der Waals surface area contributed by atoms with Crippen molar-refractivity contribution in [1.82, 2.24) is 0 Å². The van der Waals surface area contributed by atoms with E-state index in [9.17, 15) is 4.79 Å². The van der Waals surface area contributed by atoms with Gasteiger partial charge in [-0.2, -0.15) is 0 Å². The van der Waals surface area contributed by atoms with Gasteiger partial charge in [-0.1, -0.05) is 23.2 Å². The molecule has 22 heavy (non-hydrogen) atoms. The molecule has 0 radical (unpaired) electrons. The van der Waals surface area contributed by atoms with E-state index in [1.807, 2.05) is 0 Å². The zero-order valence-electron chi connectivity index (χ0n) is 12.6. The molecule has 5 heteroatoms. The van der Waals surface area contributed by atoms with Gasteiger partial charge in [0.25, 0.3) is 0 Å². The van der Waals surface area contributed by atoms with Crippen LogP contribution in [-0.4, -0.2) is 31.7 Å². The van der Waals surface area contributed by atoms with Crippen molar-refractivity contribution in [3.63, 3.8) is 0 Å². The van der Waals surface area contributed by atoms with Crippen LogP contribution in [0.15, 0.2) is 18.2 Å². The van der Waals surface area contributed by atoms with Crippen molar-refractivity contribution in [2.45, 2.75) is 38.1 Å². The van der Waals surface area contributed by atoms with Crippen LogP contribution in [0, 0.1) is 5.92 Å². The van der Waals surface area contributed by atoms with Crippen molar-refractivity contribution >= 4 is 29.2 Å². The van der Waals surface area contributed by atoms with Gasteiger partial charge >= 0.3 is 5.97 Å². The van der Waals surface area contributed by atoms with Crippen LogP contribution < -0.4 is 4.90 Å². The predicted octanol–water partition coefficient (Wildman–Crippen LogP) is 3.00. The molecule has 2 aliphatic heterocycles. The number of carbonyl (C=O) groups is 1. The Labute approximate surface area is 141 Å². The summed E-state index contributed by atoms with van der Waals surface area (Å²) in [6, 6.07) is 5.53. The highest BCUT2D eigenvalue weighted by Crippen LogP contribution is 2.24. The van der Waals surface area contributed by atoms with Gasteiger partial charge in [0.2, 0.25) is 0 Å². The Morgan fingerprint density at radius 3 is 2.82 bits per heavy atom. The van der Waals surface area contributed by atoms with Crippen molar-refractivity contribution in [1.29, 1.82) is 0 Å². The van der Waals surface area contributed by atoms with Crippen LogP contribution in [0.3, 0.4) is 0 Å². The first-order chi connectivity index (χ1) is 10.6. The van der Waals surface area contributed by atoms with Gasteiger partial charge in [-0.25, -0.2) is 4.79 Å². The third kappa shape index (κ3) is 3.58. The van der Waals surface area contributed by atoms with Gasteiger partial charge in [-0.15, -0.1) is 0 Å². The molecular weight excluding hydrogens is 321 g/mol.